The summed E-state index contributed by atoms with van der Waals surface area (Å²) in [4.78, 5) is 22.3. The number of nitrogens with one attached hydrogen (secondary N) is 1. The minimum atomic E-state index is -0.0513. The lowest BCUT2D eigenvalue weighted by atomic mass is 9.64. The second kappa shape index (κ2) is 6.22. The predicted octanol–water partition coefficient (Wildman–Crippen LogP) is 3.81. The molecule has 3 aromatic rings. The summed E-state index contributed by atoms with van der Waals surface area (Å²) >= 11 is 6.16. The second-order valence-electron chi connectivity index (χ2n) is 7.54. The van der Waals surface area contributed by atoms with Crippen molar-refractivity contribution in [1.29, 1.82) is 0 Å². The van der Waals surface area contributed by atoms with Crippen molar-refractivity contribution >= 4 is 22.5 Å². The fourth-order valence-corrected chi connectivity index (χ4v) is 4.87. The van der Waals surface area contributed by atoms with Crippen molar-refractivity contribution in [3.05, 3.63) is 75.3 Å². The molecule has 2 heterocycles. The molecule has 0 amide bonds. The summed E-state index contributed by atoms with van der Waals surface area (Å²) < 4.78 is 0. The molecule has 132 valence electrons. The molecule has 0 radical (unpaired) electrons. The lowest BCUT2D eigenvalue weighted by molar-refractivity contribution is 0.191. The van der Waals surface area contributed by atoms with Crippen molar-refractivity contribution in [3.63, 3.8) is 0 Å². The molecule has 3 unspecified atom stereocenters. The number of benzene rings is 2. The zero-order chi connectivity index (χ0) is 17.7. The number of rotatable bonds is 3. The van der Waals surface area contributed by atoms with Gasteiger partial charge in [0.15, 0.2) is 0 Å². The molecule has 2 fully saturated rings. The molecule has 1 saturated carbocycles. The first kappa shape index (κ1) is 16.0. The molecule has 0 spiro atoms. The van der Waals surface area contributed by atoms with E-state index in [4.69, 9.17) is 11.6 Å². The number of hydrogen-bond donors (Lipinski definition) is 1. The molecule has 1 aliphatic heterocycles. The molecule has 3 atom stereocenters. The van der Waals surface area contributed by atoms with Crippen molar-refractivity contribution in [2.45, 2.75) is 18.9 Å². The average molecular weight is 366 g/mol. The Morgan fingerprint density at radius 2 is 2.04 bits per heavy atom. The Labute approximate surface area is 156 Å². The van der Waals surface area contributed by atoms with Gasteiger partial charge in [0.05, 0.1) is 17.4 Å². The molecule has 2 aromatic carbocycles. The summed E-state index contributed by atoms with van der Waals surface area (Å²) in [5.41, 5.74) is 2.08. The van der Waals surface area contributed by atoms with Crippen LogP contribution in [0, 0.1) is 11.8 Å². The van der Waals surface area contributed by atoms with E-state index < -0.39 is 0 Å². The molecule has 1 aliphatic carbocycles. The Bertz CT molecular complexity index is 1030. The number of halogens is 1. The third-order valence-corrected chi connectivity index (χ3v) is 6.19. The van der Waals surface area contributed by atoms with Crippen LogP contribution in [0.4, 0.5) is 0 Å². The van der Waals surface area contributed by atoms with E-state index in [9.17, 15) is 4.79 Å². The van der Waals surface area contributed by atoms with E-state index in [-0.39, 0.29) is 5.56 Å². The van der Waals surface area contributed by atoms with Gasteiger partial charge < -0.3 is 4.98 Å². The number of H-pyrrole nitrogens is 1. The molecule has 2 aliphatic rings. The minimum Gasteiger partial charge on any atom is -0.309 e. The van der Waals surface area contributed by atoms with Crippen LogP contribution in [0.5, 0.6) is 0 Å². The Hall–Kier alpha value is -2.17. The third-order valence-electron chi connectivity index (χ3n) is 5.95. The first-order valence-electron chi connectivity index (χ1n) is 9.13. The van der Waals surface area contributed by atoms with E-state index in [0.717, 1.165) is 35.4 Å². The van der Waals surface area contributed by atoms with Gasteiger partial charge in [-0.15, -0.1) is 0 Å². The van der Waals surface area contributed by atoms with Gasteiger partial charge in [0.1, 0.15) is 5.82 Å². The summed E-state index contributed by atoms with van der Waals surface area (Å²) in [7, 11) is 0. The van der Waals surface area contributed by atoms with Gasteiger partial charge in [-0.1, -0.05) is 35.9 Å². The first-order chi connectivity index (χ1) is 12.7. The minimum absolute atomic E-state index is 0.0513. The maximum absolute atomic E-state index is 12.3. The zero-order valence-electron chi connectivity index (χ0n) is 14.4. The van der Waals surface area contributed by atoms with Gasteiger partial charge in [0, 0.05) is 18.1 Å². The van der Waals surface area contributed by atoms with Crippen LogP contribution in [0.2, 0.25) is 5.02 Å². The standard InChI is InChI=1S/C21H20ClN3O/c22-15-5-3-4-13(8-15)17-9-14-10-25(11-18(14)17)12-20-23-19-7-2-1-6-16(19)21(26)24-20/h1-8,14,17-18H,9-12H2,(H,23,24,26). The molecule has 1 aromatic heterocycles. The van der Waals surface area contributed by atoms with E-state index in [1.165, 1.54) is 12.0 Å². The first-order valence-corrected chi connectivity index (χ1v) is 9.51. The van der Waals surface area contributed by atoms with Gasteiger partial charge in [0.25, 0.3) is 5.56 Å². The number of nitrogens with zero attached hydrogens (tertiary/aromatic N) is 2. The van der Waals surface area contributed by atoms with E-state index in [1.807, 2.05) is 36.4 Å². The zero-order valence-corrected chi connectivity index (χ0v) is 15.1. The predicted molar refractivity (Wildman–Crippen MR) is 103 cm³/mol. The van der Waals surface area contributed by atoms with Gasteiger partial charge in [0.2, 0.25) is 0 Å². The molecule has 4 nitrogen and oxygen atoms in total. The van der Waals surface area contributed by atoms with Crippen molar-refractivity contribution < 1.29 is 0 Å². The van der Waals surface area contributed by atoms with Crippen LogP contribution in [-0.4, -0.2) is 28.0 Å². The Morgan fingerprint density at radius 3 is 2.92 bits per heavy atom. The van der Waals surface area contributed by atoms with Gasteiger partial charge in [-0.2, -0.15) is 0 Å². The van der Waals surface area contributed by atoms with Crippen LogP contribution >= 0.6 is 11.6 Å². The van der Waals surface area contributed by atoms with Crippen LogP contribution in [0.3, 0.4) is 0 Å². The highest BCUT2D eigenvalue weighted by Gasteiger charge is 2.47. The number of aromatic nitrogens is 2. The van der Waals surface area contributed by atoms with Crippen LogP contribution in [-0.2, 0) is 6.54 Å². The lowest BCUT2D eigenvalue weighted by Gasteiger charge is -2.40. The lowest BCUT2D eigenvalue weighted by Crippen LogP contribution is -2.33. The summed E-state index contributed by atoms with van der Waals surface area (Å²) in [5, 5.41) is 1.47. The van der Waals surface area contributed by atoms with Crippen molar-refractivity contribution in [1.82, 2.24) is 14.9 Å². The fourth-order valence-electron chi connectivity index (χ4n) is 4.67. The number of aromatic amines is 1. The van der Waals surface area contributed by atoms with E-state index >= 15 is 0 Å². The SMILES string of the molecule is O=c1[nH]c(CN2CC3CC(c4cccc(Cl)c4)C3C2)nc2ccccc12. The summed E-state index contributed by atoms with van der Waals surface area (Å²) in [6.45, 7) is 2.84. The van der Waals surface area contributed by atoms with Crippen LogP contribution in [0.15, 0.2) is 53.3 Å². The number of hydrogen-bond acceptors (Lipinski definition) is 3. The molecule has 26 heavy (non-hydrogen) atoms. The van der Waals surface area contributed by atoms with Crippen molar-refractivity contribution in [2.75, 3.05) is 13.1 Å². The number of para-hydroxylation sites is 1. The van der Waals surface area contributed by atoms with E-state index in [0.29, 0.717) is 23.8 Å². The van der Waals surface area contributed by atoms with Gasteiger partial charge in [-0.3, -0.25) is 9.69 Å². The van der Waals surface area contributed by atoms with Crippen molar-refractivity contribution in [2.24, 2.45) is 11.8 Å². The van der Waals surface area contributed by atoms with E-state index in [1.54, 1.807) is 0 Å². The van der Waals surface area contributed by atoms with Crippen molar-refractivity contribution in [3.8, 4) is 0 Å². The quantitative estimate of drug-likeness (QED) is 0.767. The largest absolute Gasteiger partial charge is 0.309 e. The molecule has 1 saturated heterocycles. The van der Waals surface area contributed by atoms with Crippen LogP contribution < -0.4 is 5.56 Å². The average Bonchev–Trinajstić information content (AvgIpc) is 2.92. The summed E-state index contributed by atoms with van der Waals surface area (Å²) in [6, 6.07) is 15.8. The fraction of sp³-hybridized carbons (Fsp3) is 0.333. The second-order valence-corrected chi connectivity index (χ2v) is 7.98. The highest BCUT2D eigenvalue weighted by atomic mass is 35.5. The van der Waals surface area contributed by atoms with Crippen LogP contribution in [0.25, 0.3) is 10.9 Å². The maximum atomic E-state index is 12.3. The van der Waals surface area contributed by atoms with Crippen LogP contribution in [0.1, 0.15) is 23.7 Å². The topological polar surface area (TPSA) is 49.0 Å². The van der Waals surface area contributed by atoms with Gasteiger partial charge in [-0.25, -0.2) is 4.98 Å². The van der Waals surface area contributed by atoms with Gasteiger partial charge in [-0.05, 0) is 54.0 Å². The Kier molecular flexibility index (Phi) is 3.84. The Morgan fingerprint density at radius 1 is 1.15 bits per heavy atom. The number of likely N-dealkylation sites (tertiary alicyclic amines) is 1. The summed E-state index contributed by atoms with van der Waals surface area (Å²) in [6.07, 6.45) is 1.23. The monoisotopic (exact) mass is 365 g/mol. The van der Waals surface area contributed by atoms with Gasteiger partial charge >= 0.3 is 0 Å². The summed E-state index contributed by atoms with van der Waals surface area (Å²) in [5.74, 6) is 2.79. The molecule has 1 N–H and O–H groups in total. The molecule has 5 rings (SSSR count). The maximum Gasteiger partial charge on any atom is 0.258 e. The molecule has 5 heteroatoms. The molecular weight excluding hydrogens is 346 g/mol. The van der Waals surface area contributed by atoms with E-state index in [2.05, 4.69) is 27.0 Å². The molecular formula is C21H20ClN3O. The molecule has 0 bridgehead atoms. The smallest absolute Gasteiger partial charge is 0.258 e. The highest BCUT2D eigenvalue weighted by Crippen LogP contribution is 2.51. The Balaban J connectivity index is 1.32. The third kappa shape index (κ3) is 2.74. The normalized spacial score (nSPS) is 25.2. The highest BCUT2D eigenvalue weighted by molar-refractivity contribution is 6.30. The number of fused-ring (bicyclic) bond motifs is 2.